The minimum Gasteiger partial charge on any atom is -0.322 e. The van der Waals surface area contributed by atoms with Gasteiger partial charge in [0.2, 0.25) is 0 Å². The van der Waals surface area contributed by atoms with Crippen LogP contribution in [0.3, 0.4) is 0 Å². The Balaban J connectivity index is 1.47. The summed E-state index contributed by atoms with van der Waals surface area (Å²) in [5.74, 6) is -0.780. The van der Waals surface area contributed by atoms with Gasteiger partial charge in [0.1, 0.15) is 5.82 Å². The first-order chi connectivity index (χ1) is 14.0. The molecule has 0 aliphatic heterocycles. The van der Waals surface area contributed by atoms with Crippen LogP contribution in [0.15, 0.2) is 78.9 Å². The summed E-state index contributed by atoms with van der Waals surface area (Å²) >= 11 is 0. The third-order valence-electron chi connectivity index (χ3n) is 4.33. The molecule has 0 bridgehead atoms. The lowest BCUT2D eigenvalue weighted by atomic mass is 10.1. The van der Waals surface area contributed by atoms with Gasteiger partial charge in [-0.1, -0.05) is 42.5 Å². The van der Waals surface area contributed by atoms with Crippen LogP contribution >= 0.6 is 0 Å². The lowest BCUT2D eigenvalue weighted by molar-refractivity contribution is -0.862. The van der Waals surface area contributed by atoms with Gasteiger partial charge in [0, 0.05) is 11.4 Å². The van der Waals surface area contributed by atoms with Crippen molar-refractivity contribution in [1.82, 2.24) is 0 Å². The van der Waals surface area contributed by atoms with Crippen molar-refractivity contribution in [2.75, 3.05) is 30.8 Å². The molecule has 0 spiro atoms. The van der Waals surface area contributed by atoms with E-state index in [0.717, 1.165) is 16.0 Å². The first-order valence-corrected chi connectivity index (χ1v) is 9.31. The second-order valence-electron chi connectivity index (χ2n) is 6.86. The summed E-state index contributed by atoms with van der Waals surface area (Å²) in [6.07, 6.45) is 0. The van der Waals surface area contributed by atoms with E-state index in [1.807, 2.05) is 54.6 Å². The van der Waals surface area contributed by atoms with Crippen LogP contribution in [0.5, 0.6) is 0 Å². The Morgan fingerprint density at radius 1 is 0.724 bits per heavy atom. The average Bonchev–Trinajstić information content (AvgIpc) is 2.70. The van der Waals surface area contributed by atoms with E-state index in [9.17, 15) is 14.0 Å². The summed E-state index contributed by atoms with van der Waals surface area (Å²) in [6, 6.07) is 23.2. The van der Waals surface area contributed by atoms with E-state index < -0.39 is 0 Å². The molecule has 148 valence electrons. The van der Waals surface area contributed by atoms with Gasteiger partial charge in [0.25, 0.3) is 11.8 Å². The number of carbonyl (C=O) groups excluding carboxylic acids is 2. The fourth-order valence-electron chi connectivity index (χ4n) is 2.93. The highest BCUT2D eigenvalue weighted by atomic mass is 19.1. The minimum absolute atomic E-state index is 0.123. The van der Waals surface area contributed by atoms with Crippen molar-refractivity contribution < 1.29 is 18.9 Å². The first kappa shape index (κ1) is 20.2. The number of anilines is 2. The Labute approximate surface area is 169 Å². The number of hydrogen-bond donors (Lipinski definition) is 3. The molecule has 1 atom stereocenters. The van der Waals surface area contributed by atoms with Crippen molar-refractivity contribution in [3.8, 4) is 11.1 Å². The lowest BCUT2D eigenvalue weighted by Crippen LogP contribution is -3.11. The molecular weight excluding hydrogens is 369 g/mol. The van der Waals surface area contributed by atoms with Gasteiger partial charge in [-0.2, -0.15) is 0 Å². The molecule has 0 radical (unpaired) electrons. The molecule has 5 nitrogen and oxygen atoms in total. The molecule has 0 saturated carbocycles. The quantitative estimate of drug-likeness (QED) is 0.579. The number of rotatable bonds is 7. The van der Waals surface area contributed by atoms with Crippen molar-refractivity contribution in [2.24, 2.45) is 0 Å². The van der Waals surface area contributed by atoms with Gasteiger partial charge in [0.05, 0.1) is 7.05 Å². The number of nitrogens with one attached hydrogen (secondary N) is 3. The topological polar surface area (TPSA) is 62.6 Å². The molecule has 6 heteroatoms. The zero-order valence-corrected chi connectivity index (χ0v) is 16.1. The van der Waals surface area contributed by atoms with E-state index in [-0.39, 0.29) is 30.7 Å². The number of quaternary nitrogens is 1. The molecule has 3 rings (SSSR count). The Morgan fingerprint density at radius 3 is 1.69 bits per heavy atom. The van der Waals surface area contributed by atoms with Gasteiger partial charge in [-0.3, -0.25) is 9.59 Å². The normalized spacial score (nSPS) is 11.5. The molecule has 0 aromatic heterocycles. The van der Waals surface area contributed by atoms with E-state index in [1.54, 1.807) is 7.05 Å². The van der Waals surface area contributed by atoms with Gasteiger partial charge >= 0.3 is 0 Å². The van der Waals surface area contributed by atoms with Gasteiger partial charge < -0.3 is 15.5 Å². The van der Waals surface area contributed by atoms with E-state index >= 15 is 0 Å². The van der Waals surface area contributed by atoms with Crippen LogP contribution in [-0.2, 0) is 9.59 Å². The summed E-state index contributed by atoms with van der Waals surface area (Å²) in [5, 5.41) is 5.53. The third-order valence-corrected chi connectivity index (χ3v) is 4.33. The summed E-state index contributed by atoms with van der Waals surface area (Å²) in [5.41, 5.74) is 3.41. The predicted molar refractivity (Wildman–Crippen MR) is 112 cm³/mol. The molecule has 0 aliphatic rings. The van der Waals surface area contributed by atoms with Crippen molar-refractivity contribution in [3.63, 3.8) is 0 Å². The Kier molecular flexibility index (Phi) is 6.71. The molecular formula is C23H23FN3O2+. The van der Waals surface area contributed by atoms with E-state index in [2.05, 4.69) is 10.6 Å². The zero-order valence-electron chi connectivity index (χ0n) is 16.1. The second-order valence-corrected chi connectivity index (χ2v) is 6.86. The number of amides is 2. The smallest absolute Gasteiger partial charge is 0.279 e. The monoisotopic (exact) mass is 392 g/mol. The van der Waals surface area contributed by atoms with Gasteiger partial charge in [-0.15, -0.1) is 0 Å². The second kappa shape index (κ2) is 9.61. The van der Waals surface area contributed by atoms with Crippen molar-refractivity contribution in [1.29, 1.82) is 0 Å². The third kappa shape index (κ3) is 6.26. The largest absolute Gasteiger partial charge is 0.322 e. The molecule has 0 heterocycles. The van der Waals surface area contributed by atoms with Crippen LogP contribution in [0, 0.1) is 5.82 Å². The fourth-order valence-corrected chi connectivity index (χ4v) is 2.93. The van der Waals surface area contributed by atoms with Crippen LogP contribution in [0.2, 0.25) is 0 Å². The van der Waals surface area contributed by atoms with Crippen LogP contribution < -0.4 is 15.5 Å². The highest BCUT2D eigenvalue weighted by Gasteiger charge is 2.14. The van der Waals surface area contributed by atoms with Gasteiger partial charge in [-0.05, 0) is 47.5 Å². The molecule has 2 amide bonds. The number of halogens is 1. The average molecular weight is 392 g/mol. The van der Waals surface area contributed by atoms with Crippen molar-refractivity contribution in [2.45, 2.75) is 0 Å². The Hall–Kier alpha value is -3.51. The summed E-state index contributed by atoms with van der Waals surface area (Å²) in [6.45, 7) is 0.273. The molecule has 3 aromatic carbocycles. The summed E-state index contributed by atoms with van der Waals surface area (Å²) in [7, 11) is 1.77. The molecule has 0 saturated heterocycles. The Bertz CT molecular complexity index is 958. The van der Waals surface area contributed by atoms with Crippen LogP contribution in [0.25, 0.3) is 11.1 Å². The Morgan fingerprint density at radius 2 is 1.17 bits per heavy atom. The van der Waals surface area contributed by atoms with Crippen LogP contribution in [0.1, 0.15) is 0 Å². The first-order valence-electron chi connectivity index (χ1n) is 9.31. The molecule has 29 heavy (non-hydrogen) atoms. The molecule has 0 fully saturated rings. The highest BCUT2D eigenvalue weighted by molar-refractivity contribution is 5.93. The number of likely N-dealkylation sites (N-methyl/N-ethyl adjacent to an activating group) is 1. The predicted octanol–water partition coefficient (Wildman–Crippen LogP) is 2.58. The highest BCUT2D eigenvalue weighted by Crippen LogP contribution is 2.20. The fraction of sp³-hybridized carbons (Fsp3) is 0.130. The van der Waals surface area contributed by atoms with Gasteiger partial charge in [0.15, 0.2) is 13.1 Å². The molecule has 0 aliphatic carbocycles. The van der Waals surface area contributed by atoms with Gasteiger partial charge in [-0.25, -0.2) is 4.39 Å². The SMILES string of the molecule is C[NH+](CC(=O)Nc1ccc(F)cc1)CC(=O)Nc1ccc(-c2ccccc2)cc1. The van der Waals surface area contributed by atoms with Crippen LogP contribution in [-0.4, -0.2) is 32.0 Å². The van der Waals surface area contributed by atoms with Crippen LogP contribution in [0.4, 0.5) is 15.8 Å². The van der Waals surface area contributed by atoms with E-state index in [4.69, 9.17) is 0 Å². The maximum atomic E-state index is 12.9. The minimum atomic E-state index is -0.362. The van der Waals surface area contributed by atoms with Crippen molar-refractivity contribution in [3.05, 3.63) is 84.7 Å². The standard InChI is InChI=1S/C23H22FN3O2/c1-27(16-23(29)26-21-13-9-19(24)10-14-21)15-22(28)25-20-11-7-18(8-12-20)17-5-3-2-4-6-17/h2-14H,15-16H2,1H3,(H,25,28)(H,26,29)/p+1. The number of hydrogen-bond acceptors (Lipinski definition) is 2. The maximum Gasteiger partial charge on any atom is 0.279 e. The molecule has 1 unspecified atom stereocenters. The zero-order chi connectivity index (χ0) is 20.6. The maximum absolute atomic E-state index is 12.9. The van der Waals surface area contributed by atoms with E-state index in [0.29, 0.717) is 11.4 Å². The number of carbonyl (C=O) groups is 2. The summed E-state index contributed by atoms with van der Waals surface area (Å²) < 4.78 is 12.9. The van der Waals surface area contributed by atoms with Crippen molar-refractivity contribution >= 4 is 23.2 Å². The number of benzene rings is 3. The molecule has 3 aromatic rings. The lowest BCUT2D eigenvalue weighted by Gasteiger charge is -2.14. The molecule has 3 N–H and O–H groups in total. The van der Waals surface area contributed by atoms with E-state index in [1.165, 1.54) is 24.3 Å². The summed E-state index contributed by atoms with van der Waals surface area (Å²) in [4.78, 5) is 25.1.